The van der Waals surface area contributed by atoms with E-state index in [1.807, 2.05) is 18.2 Å². The van der Waals surface area contributed by atoms with Crippen molar-refractivity contribution in [1.29, 1.82) is 0 Å². The Morgan fingerprint density at radius 2 is 1.92 bits per heavy atom. The lowest BCUT2D eigenvalue weighted by Crippen LogP contribution is -2.63. The van der Waals surface area contributed by atoms with Crippen LogP contribution in [0.5, 0.6) is 0 Å². The first-order chi connectivity index (χ1) is 6.27. The summed E-state index contributed by atoms with van der Waals surface area (Å²) in [6.07, 6.45) is 4.05. The lowest BCUT2D eigenvalue weighted by atomic mass is 9.50. The molecule has 2 heteroatoms. The summed E-state index contributed by atoms with van der Waals surface area (Å²) >= 11 is 0. The molecule has 0 amide bonds. The summed E-state index contributed by atoms with van der Waals surface area (Å²) in [6, 6.07) is 8.02. The highest BCUT2D eigenvalue weighted by atomic mass is 15.1. The SMILES string of the molecule is Nc1ccccc1NC12CC(C1)C2. The van der Waals surface area contributed by atoms with Crippen LogP contribution in [0.15, 0.2) is 24.3 Å². The van der Waals surface area contributed by atoms with Gasteiger partial charge in [-0.1, -0.05) is 12.1 Å². The summed E-state index contributed by atoms with van der Waals surface area (Å²) in [4.78, 5) is 0. The van der Waals surface area contributed by atoms with Gasteiger partial charge in [-0.05, 0) is 37.3 Å². The van der Waals surface area contributed by atoms with Crippen molar-refractivity contribution in [3.05, 3.63) is 24.3 Å². The van der Waals surface area contributed by atoms with Crippen LogP contribution in [0.2, 0.25) is 0 Å². The number of hydrogen-bond donors (Lipinski definition) is 2. The molecule has 2 nitrogen and oxygen atoms in total. The molecule has 3 N–H and O–H groups in total. The Balaban J connectivity index is 1.81. The van der Waals surface area contributed by atoms with E-state index >= 15 is 0 Å². The number of para-hydroxylation sites is 2. The summed E-state index contributed by atoms with van der Waals surface area (Å²) in [5.74, 6) is 1.01. The van der Waals surface area contributed by atoms with Gasteiger partial charge in [0.2, 0.25) is 0 Å². The molecule has 0 spiro atoms. The van der Waals surface area contributed by atoms with E-state index in [9.17, 15) is 0 Å². The molecule has 0 unspecified atom stereocenters. The predicted molar refractivity (Wildman–Crippen MR) is 54.5 cm³/mol. The Morgan fingerprint density at radius 3 is 2.46 bits per heavy atom. The highest BCUT2D eigenvalue weighted by molar-refractivity contribution is 5.67. The van der Waals surface area contributed by atoms with Gasteiger partial charge in [-0.2, -0.15) is 0 Å². The van der Waals surface area contributed by atoms with Gasteiger partial charge in [0.05, 0.1) is 11.4 Å². The predicted octanol–water partition coefficient (Wildman–Crippen LogP) is 2.23. The Hall–Kier alpha value is -1.18. The van der Waals surface area contributed by atoms with Crippen molar-refractivity contribution in [1.82, 2.24) is 0 Å². The van der Waals surface area contributed by atoms with Crippen molar-refractivity contribution in [2.75, 3.05) is 11.1 Å². The van der Waals surface area contributed by atoms with E-state index in [2.05, 4.69) is 11.4 Å². The summed E-state index contributed by atoms with van der Waals surface area (Å²) in [6.45, 7) is 0. The topological polar surface area (TPSA) is 38.0 Å². The van der Waals surface area contributed by atoms with Gasteiger partial charge < -0.3 is 11.1 Å². The van der Waals surface area contributed by atoms with Gasteiger partial charge in [0.25, 0.3) is 0 Å². The molecular formula is C11H14N2. The van der Waals surface area contributed by atoms with Crippen LogP contribution < -0.4 is 11.1 Å². The monoisotopic (exact) mass is 174 g/mol. The molecule has 0 aliphatic heterocycles. The van der Waals surface area contributed by atoms with Gasteiger partial charge in [0, 0.05) is 5.54 Å². The Labute approximate surface area is 78.1 Å². The molecule has 1 aromatic carbocycles. The molecule has 68 valence electrons. The molecule has 0 radical (unpaired) electrons. The van der Waals surface area contributed by atoms with Gasteiger partial charge in [-0.15, -0.1) is 0 Å². The standard InChI is InChI=1S/C11H14N2/c12-9-3-1-2-4-10(9)13-11-5-8(6-11)7-11/h1-4,8,13H,5-7,12H2. The van der Waals surface area contributed by atoms with Gasteiger partial charge in [0.1, 0.15) is 0 Å². The van der Waals surface area contributed by atoms with E-state index in [0.717, 1.165) is 17.3 Å². The van der Waals surface area contributed by atoms with E-state index < -0.39 is 0 Å². The third-order valence-electron chi connectivity index (χ3n) is 3.40. The Bertz CT molecular complexity index is 329. The zero-order valence-corrected chi connectivity index (χ0v) is 7.59. The quantitative estimate of drug-likeness (QED) is 0.675. The van der Waals surface area contributed by atoms with Crippen molar-refractivity contribution in [2.45, 2.75) is 24.8 Å². The fraction of sp³-hybridized carbons (Fsp3) is 0.455. The van der Waals surface area contributed by atoms with Crippen molar-refractivity contribution in [3.8, 4) is 0 Å². The number of rotatable bonds is 2. The van der Waals surface area contributed by atoms with E-state index in [1.165, 1.54) is 19.3 Å². The number of nitrogens with one attached hydrogen (secondary N) is 1. The largest absolute Gasteiger partial charge is 0.397 e. The van der Waals surface area contributed by atoms with E-state index in [1.54, 1.807) is 0 Å². The highest BCUT2D eigenvalue weighted by Crippen LogP contribution is 2.58. The minimum absolute atomic E-state index is 0.431. The highest BCUT2D eigenvalue weighted by Gasteiger charge is 2.56. The van der Waals surface area contributed by atoms with Crippen molar-refractivity contribution >= 4 is 11.4 Å². The fourth-order valence-corrected chi connectivity index (χ4v) is 2.53. The number of nitrogens with two attached hydrogens (primary N) is 1. The molecule has 4 rings (SSSR count). The first kappa shape index (κ1) is 7.25. The average Bonchev–Trinajstić information content (AvgIpc) is 1.97. The van der Waals surface area contributed by atoms with Crippen LogP contribution in [0.1, 0.15) is 19.3 Å². The van der Waals surface area contributed by atoms with E-state index in [4.69, 9.17) is 5.73 Å². The molecule has 13 heavy (non-hydrogen) atoms. The smallest absolute Gasteiger partial charge is 0.0578 e. The lowest BCUT2D eigenvalue weighted by molar-refractivity contribution is 0.00219. The lowest BCUT2D eigenvalue weighted by Gasteiger charge is -2.62. The zero-order chi connectivity index (χ0) is 8.89. The van der Waals surface area contributed by atoms with Crippen LogP contribution in [0.4, 0.5) is 11.4 Å². The minimum atomic E-state index is 0.431. The van der Waals surface area contributed by atoms with Crippen LogP contribution in [0, 0.1) is 5.92 Å². The van der Waals surface area contributed by atoms with Gasteiger partial charge in [-0.3, -0.25) is 0 Å². The molecule has 0 saturated heterocycles. The van der Waals surface area contributed by atoms with Gasteiger partial charge >= 0.3 is 0 Å². The van der Waals surface area contributed by atoms with Crippen molar-refractivity contribution < 1.29 is 0 Å². The zero-order valence-electron chi connectivity index (χ0n) is 7.59. The van der Waals surface area contributed by atoms with Gasteiger partial charge in [0.15, 0.2) is 0 Å². The average molecular weight is 174 g/mol. The van der Waals surface area contributed by atoms with Crippen molar-refractivity contribution in [2.24, 2.45) is 5.92 Å². The first-order valence-electron chi connectivity index (χ1n) is 4.90. The minimum Gasteiger partial charge on any atom is -0.397 e. The maximum absolute atomic E-state index is 5.86. The molecule has 3 saturated carbocycles. The number of hydrogen-bond acceptors (Lipinski definition) is 2. The van der Waals surface area contributed by atoms with Crippen molar-refractivity contribution in [3.63, 3.8) is 0 Å². The summed E-state index contributed by atoms with van der Waals surface area (Å²) in [5, 5.41) is 3.56. The second kappa shape index (κ2) is 2.19. The Morgan fingerprint density at radius 1 is 1.23 bits per heavy atom. The molecule has 1 aromatic rings. The maximum Gasteiger partial charge on any atom is 0.0578 e. The Kier molecular flexibility index (Phi) is 1.22. The van der Waals surface area contributed by atoms with Crippen LogP contribution >= 0.6 is 0 Å². The number of benzene rings is 1. The van der Waals surface area contributed by atoms with Crippen LogP contribution in [-0.4, -0.2) is 5.54 Å². The third-order valence-corrected chi connectivity index (χ3v) is 3.40. The summed E-state index contributed by atoms with van der Waals surface area (Å²) < 4.78 is 0. The molecule has 0 heterocycles. The molecular weight excluding hydrogens is 160 g/mol. The van der Waals surface area contributed by atoms with E-state index in [-0.39, 0.29) is 0 Å². The first-order valence-corrected chi connectivity index (χ1v) is 4.90. The molecule has 3 aliphatic carbocycles. The normalized spacial score (nSPS) is 34.6. The number of anilines is 2. The second-order valence-corrected chi connectivity index (χ2v) is 4.47. The second-order valence-electron chi connectivity index (χ2n) is 4.47. The summed E-state index contributed by atoms with van der Waals surface area (Å²) in [7, 11) is 0. The molecule has 3 aliphatic rings. The third kappa shape index (κ3) is 0.947. The van der Waals surface area contributed by atoms with Crippen LogP contribution in [0.25, 0.3) is 0 Å². The molecule has 2 bridgehead atoms. The van der Waals surface area contributed by atoms with Crippen LogP contribution in [-0.2, 0) is 0 Å². The molecule has 3 fully saturated rings. The number of nitrogen functional groups attached to an aromatic ring is 1. The summed E-state index contributed by atoms with van der Waals surface area (Å²) in [5.41, 5.74) is 8.27. The maximum atomic E-state index is 5.86. The molecule has 0 atom stereocenters. The van der Waals surface area contributed by atoms with Gasteiger partial charge in [-0.25, -0.2) is 0 Å². The van der Waals surface area contributed by atoms with E-state index in [0.29, 0.717) is 5.54 Å². The van der Waals surface area contributed by atoms with Crippen LogP contribution in [0.3, 0.4) is 0 Å². The fourth-order valence-electron chi connectivity index (χ4n) is 2.53. The molecule has 0 aromatic heterocycles.